The van der Waals surface area contributed by atoms with Crippen molar-refractivity contribution in [1.29, 1.82) is 0 Å². The molecule has 0 atom stereocenters. The number of anilines is 2. The van der Waals surface area contributed by atoms with E-state index in [1.54, 1.807) is 6.07 Å². The van der Waals surface area contributed by atoms with E-state index in [4.69, 9.17) is 0 Å². The van der Waals surface area contributed by atoms with Gasteiger partial charge in [-0.1, -0.05) is 12.1 Å². The summed E-state index contributed by atoms with van der Waals surface area (Å²) in [6.45, 7) is 1.92. The van der Waals surface area contributed by atoms with Crippen LogP contribution in [-0.4, -0.2) is 24.2 Å². The summed E-state index contributed by atoms with van der Waals surface area (Å²) in [7, 11) is 1.23. The number of amides is 2. The van der Waals surface area contributed by atoms with Crippen LogP contribution in [0.5, 0.6) is 5.75 Å². The standard InChI is InChI=1S/C16H16N2O4/c1-10-4-3-5-11(8-10)17-16(21)18-12-6-7-13(14(19)9-12)15(20)22-2/h3-9,19H,1-2H3,(H2,17,18,21). The van der Waals surface area contributed by atoms with Gasteiger partial charge in [-0.2, -0.15) is 0 Å². The molecule has 6 nitrogen and oxygen atoms in total. The predicted molar refractivity (Wildman–Crippen MR) is 83.3 cm³/mol. The van der Waals surface area contributed by atoms with E-state index >= 15 is 0 Å². The van der Waals surface area contributed by atoms with Crippen LogP contribution in [0.4, 0.5) is 16.2 Å². The number of hydrogen-bond acceptors (Lipinski definition) is 4. The first-order chi connectivity index (χ1) is 10.5. The molecule has 2 aromatic rings. The van der Waals surface area contributed by atoms with Gasteiger partial charge in [-0.3, -0.25) is 0 Å². The van der Waals surface area contributed by atoms with Gasteiger partial charge in [-0.05, 0) is 36.8 Å². The number of phenolic OH excluding ortho intramolecular Hbond substituents is 1. The van der Waals surface area contributed by atoms with Gasteiger partial charge in [-0.15, -0.1) is 0 Å². The third kappa shape index (κ3) is 3.76. The number of nitrogens with one attached hydrogen (secondary N) is 2. The molecule has 0 fully saturated rings. The third-order valence-electron chi connectivity index (χ3n) is 2.94. The number of esters is 1. The second-order valence-electron chi connectivity index (χ2n) is 4.67. The number of carbonyl (C=O) groups excluding carboxylic acids is 2. The maximum absolute atomic E-state index is 11.9. The lowest BCUT2D eigenvalue weighted by atomic mass is 10.2. The number of ether oxygens (including phenoxy) is 1. The zero-order chi connectivity index (χ0) is 16.1. The Labute approximate surface area is 127 Å². The number of hydrogen-bond donors (Lipinski definition) is 3. The minimum absolute atomic E-state index is 0.0344. The molecule has 0 aliphatic heterocycles. The molecule has 2 aromatic carbocycles. The molecular weight excluding hydrogens is 284 g/mol. The van der Waals surface area contributed by atoms with E-state index in [2.05, 4.69) is 15.4 Å². The van der Waals surface area contributed by atoms with E-state index < -0.39 is 12.0 Å². The highest BCUT2D eigenvalue weighted by atomic mass is 16.5. The molecule has 0 saturated heterocycles. The van der Waals surface area contributed by atoms with Gasteiger partial charge in [0.2, 0.25) is 0 Å². The molecule has 22 heavy (non-hydrogen) atoms. The summed E-state index contributed by atoms with van der Waals surface area (Å²) < 4.78 is 4.53. The molecule has 0 heterocycles. The van der Waals surface area contributed by atoms with Crippen LogP contribution in [0.25, 0.3) is 0 Å². The van der Waals surface area contributed by atoms with Gasteiger partial charge in [0.15, 0.2) is 0 Å². The molecule has 0 aliphatic rings. The van der Waals surface area contributed by atoms with Crippen LogP contribution < -0.4 is 10.6 Å². The highest BCUT2D eigenvalue weighted by Crippen LogP contribution is 2.22. The molecule has 2 amide bonds. The first-order valence-corrected chi connectivity index (χ1v) is 6.55. The fourth-order valence-corrected chi connectivity index (χ4v) is 1.91. The fourth-order valence-electron chi connectivity index (χ4n) is 1.91. The van der Waals surface area contributed by atoms with Crippen molar-refractivity contribution >= 4 is 23.4 Å². The summed E-state index contributed by atoms with van der Waals surface area (Å²) in [5.74, 6) is -0.909. The summed E-state index contributed by atoms with van der Waals surface area (Å²) in [6.07, 6.45) is 0. The first kappa shape index (κ1) is 15.4. The van der Waals surface area contributed by atoms with Crippen molar-refractivity contribution in [2.24, 2.45) is 0 Å². The first-order valence-electron chi connectivity index (χ1n) is 6.55. The van der Waals surface area contributed by atoms with E-state index in [9.17, 15) is 14.7 Å². The predicted octanol–water partition coefficient (Wildman–Crippen LogP) is 3.13. The lowest BCUT2D eigenvalue weighted by Crippen LogP contribution is -2.19. The third-order valence-corrected chi connectivity index (χ3v) is 2.94. The number of rotatable bonds is 3. The van der Waals surface area contributed by atoms with Crippen LogP contribution in [0.3, 0.4) is 0 Å². The Morgan fingerprint density at radius 1 is 1.05 bits per heavy atom. The van der Waals surface area contributed by atoms with Crippen molar-refractivity contribution in [3.63, 3.8) is 0 Å². The van der Waals surface area contributed by atoms with E-state index in [-0.39, 0.29) is 11.3 Å². The highest BCUT2D eigenvalue weighted by molar-refractivity contribution is 6.00. The Morgan fingerprint density at radius 2 is 1.73 bits per heavy atom. The van der Waals surface area contributed by atoms with Crippen molar-refractivity contribution < 1.29 is 19.4 Å². The summed E-state index contributed by atoms with van der Waals surface area (Å²) >= 11 is 0. The second-order valence-corrected chi connectivity index (χ2v) is 4.67. The van der Waals surface area contributed by atoms with E-state index in [1.807, 2.05) is 25.1 Å². The zero-order valence-electron chi connectivity index (χ0n) is 12.2. The molecule has 0 saturated carbocycles. The van der Waals surface area contributed by atoms with Crippen LogP contribution in [0.15, 0.2) is 42.5 Å². The van der Waals surface area contributed by atoms with Gasteiger partial charge < -0.3 is 20.5 Å². The maximum atomic E-state index is 11.9. The number of carbonyl (C=O) groups is 2. The largest absolute Gasteiger partial charge is 0.507 e. The van der Waals surface area contributed by atoms with Crippen molar-refractivity contribution in [3.05, 3.63) is 53.6 Å². The average molecular weight is 300 g/mol. The normalized spacial score (nSPS) is 9.91. The Kier molecular flexibility index (Phi) is 4.63. The van der Waals surface area contributed by atoms with Crippen LogP contribution in [0.2, 0.25) is 0 Å². The average Bonchev–Trinajstić information content (AvgIpc) is 2.46. The van der Waals surface area contributed by atoms with Gasteiger partial charge in [0.1, 0.15) is 11.3 Å². The lowest BCUT2D eigenvalue weighted by Gasteiger charge is -2.09. The highest BCUT2D eigenvalue weighted by Gasteiger charge is 2.12. The molecule has 0 aromatic heterocycles. The fraction of sp³-hybridized carbons (Fsp3) is 0.125. The minimum Gasteiger partial charge on any atom is -0.507 e. The van der Waals surface area contributed by atoms with E-state index in [0.717, 1.165) is 5.56 Å². The smallest absolute Gasteiger partial charge is 0.341 e. The molecule has 114 valence electrons. The number of phenols is 1. The zero-order valence-corrected chi connectivity index (χ0v) is 12.2. The molecule has 6 heteroatoms. The Hall–Kier alpha value is -3.02. The molecule has 3 N–H and O–H groups in total. The maximum Gasteiger partial charge on any atom is 0.341 e. The Morgan fingerprint density at radius 3 is 2.32 bits per heavy atom. The summed E-state index contributed by atoms with van der Waals surface area (Å²) in [4.78, 5) is 23.2. The molecule has 0 unspecified atom stereocenters. The van der Waals surface area contributed by atoms with Gasteiger partial charge in [-0.25, -0.2) is 9.59 Å². The molecule has 0 radical (unpaired) electrons. The van der Waals surface area contributed by atoms with Crippen LogP contribution >= 0.6 is 0 Å². The monoisotopic (exact) mass is 300 g/mol. The van der Waals surface area contributed by atoms with Gasteiger partial charge in [0.25, 0.3) is 0 Å². The summed E-state index contributed by atoms with van der Waals surface area (Å²) in [6, 6.07) is 11.1. The van der Waals surface area contributed by atoms with Gasteiger partial charge >= 0.3 is 12.0 Å². The molecule has 0 bridgehead atoms. The second kappa shape index (κ2) is 6.62. The Balaban J connectivity index is 2.06. The van der Waals surface area contributed by atoms with Crippen LogP contribution in [0, 0.1) is 6.92 Å². The molecule has 0 aliphatic carbocycles. The minimum atomic E-state index is -0.645. The van der Waals surface area contributed by atoms with E-state index in [1.165, 1.54) is 25.3 Å². The SMILES string of the molecule is COC(=O)c1ccc(NC(=O)Nc2cccc(C)c2)cc1O. The number of urea groups is 1. The molecule has 0 spiro atoms. The van der Waals surface area contributed by atoms with Crippen molar-refractivity contribution in [3.8, 4) is 5.75 Å². The summed E-state index contributed by atoms with van der Waals surface area (Å²) in [5, 5.41) is 15.0. The van der Waals surface area contributed by atoms with Gasteiger partial charge in [0.05, 0.1) is 7.11 Å². The van der Waals surface area contributed by atoms with Crippen molar-refractivity contribution in [2.75, 3.05) is 17.7 Å². The van der Waals surface area contributed by atoms with Gasteiger partial charge in [0, 0.05) is 17.4 Å². The Bertz CT molecular complexity index is 713. The quantitative estimate of drug-likeness (QED) is 0.760. The van der Waals surface area contributed by atoms with Crippen LogP contribution in [0.1, 0.15) is 15.9 Å². The molecule has 2 rings (SSSR count). The van der Waals surface area contributed by atoms with E-state index in [0.29, 0.717) is 11.4 Å². The van der Waals surface area contributed by atoms with Crippen LogP contribution in [-0.2, 0) is 4.74 Å². The molecular formula is C16H16N2O4. The summed E-state index contributed by atoms with van der Waals surface area (Å²) in [5.41, 5.74) is 2.08. The topological polar surface area (TPSA) is 87.7 Å². The van der Waals surface area contributed by atoms with Crippen molar-refractivity contribution in [2.45, 2.75) is 6.92 Å². The number of aromatic hydroxyl groups is 1. The number of methoxy groups -OCH3 is 1. The lowest BCUT2D eigenvalue weighted by molar-refractivity contribution is 0.0597. The number of benzene rings is 2. The van der Waals surface area contributed by atoms with Crippen molar-refractivity contribution in [1.82, 2.24) is 0 Å². The number of aryl methyl sites for hydroxylation is 1.